The monoisotopic (exact) mass is 361 g/mol. The van der Waals surface area contributed by atoms with Gasteiger partial charge in [0.25, 0.3) is 5.91 Å². The standard InChI is InChI=1S/C15H20ClN3O3.ClH/c1-22-10-13(17)15(21)19-7-5-18(6-8-19)14(20)11-3-2-4-12(16)9-11;/h2-4,9,13H,5-8,10,17H2,1H3;1H. The van der Waals surface area contributed by atoms with Crippen molar-refractivity contribution in [3.63, 3.8) is 0 Å². The predicted molar refractivity (Wildman–Crippen MR) is 91.0 cm³/mol. The van der Waals surface area contributed by atoms with Crippen molar-refractivity contribution in [3.05, 3.63) is 34.9 Å². The van der Waals surface area contributed by atoms with Crippen LogP contribution in [-0.2, 0) is 9.53 Å². The Morgan fingerprint density at radius 2 is 1.87 bits per heavy atom. The van der Waals surface area contributed by atoms with Crippen LogP contribution in [0.1, 0.15) is 10.4 Å². The lowest BCUT2D eigenvalue weighted by molar-refractivity contribution is -0.135. The maximum atomic E-state index is 12.4. The van der Waals surface area contributed by atoms with Crippen LogP contribution in [0, 0.1) is 0 Å². The van der Waals surface area contributed by atoms with E-state index >= 15 is 0 Å². The van der Waals surface area contributed by atoms with E-state index in [1.807, 2.05) is 0 Å². The van der Waals surface area contributed by atoms with Gasteiger partial charge in [0, 0.05) is 43.9 Å². The van der Waals surface area contributed by atoms with Crippen LogP contribution in [0.3, 0.4) is 0 Å². The molecule has 6 nitrogen and oxygen atoms in total. The van der Waals surface area contributed by atoms with E-state index in [4.69, 9.17) is 22.1 Å². The van der Waals surface area contributed by atoms with Crippen LogP contribution in [0.2, 0.25) is 5.02 Å². The minimum Gasteiger partial charge on any atom is -0.383 e. The third-order valence-corrected chi connectivity index (χ3v) is 3.85. The molecule has 1 aromatic rings. The van der Waals surface area contributed by atoms with E-state index in [0.717, 1.165) is 0 Å². The van der Waals surface area contributed by atoms with Gasteiger partial charge >= 0.3 is 0 Å². The zero-order chi connectivity index (χ0) is 16.1. The molecule has 1 fully saturated rings. The highest BCUT2D eigenvalue weighted by Crippen LogP contribution is 2.14. The number of rotatable bonds is 4. The normalized spacial score (nSPS) is 15.8. The smallest absolute Gasteiger partial charge is 0.254 e. The summed E-state index contributed by atoms with van der Waals surface area (Å²) >= 11 is 5.91. The Balaban J connectivity index is 0.00000264. The summed E-state index contributed by atoms with van der Waals surface area (Å²) in [4.78, 5) is 27.9. The molecule has 8 heteroatoms. The van der Waals surface area contributed by atoms with Crippen molar-refractivity contribution in [3.8, 4) is 0 Å². The van der Waals surface area contributed by atoms with Crippen molar-refractivity contribution < 1.29 is 14.3 Å². The fourth-order valence-electron chi connectivity index (χ4n) is 2.42. The van der Waals surface area contributed by atoms with Crippen LogP contribution in [0.15, 0.2) is 24.3 Å². The Morgan fingerprint density at radius 3 is 2.43 bits per heavy atom. The molecule has 0 spiro atoms. The van der Waals surface area contributed by atoms with Gasteiger partial charge in [0.2, 0.25) is 5.91 Å². The molecule has 1 atom stereocenters. The lowest BCUT2D eigenvalue weighted by Crippen LogP contribution is -2.55. The summed E-state index contributed by atoms with van der Waals surface area (Å²) in [6.45, 7) is 2.11. The molecule has 23 heavy (non-hydrogen) atoms. The van der Waals surface area contributed by atoms with Crippen molar-refractivity contribution in [2.75, 3.05) is 39.9 Å². The fourth-order valence-corrected chi connectivity index (χ4v) is 2.61. The first-order valence-electron chi connectivity index (χ1n) is 7.11. The molecule has 0 radical (unpaired) electrons. The SMILES string of the molecule is COCC(N)C(=O)N1CCN(C(=O)c2cccc(Cl)c2)CC1.Cl. The highest BCUT2D eigenvalue weighted by atomic mass is 35.5. The molecule has 1 saturated heterocycles. The van der Waals surface area contributed by atoms with Crippen LogP contribution >= 0.6 is 24.0 Å². The van der Waals surface area contributed by atoms with Crippen molar-refractivity contribution >= 4 is 35.8 Å². The highest BCUT2D eigenvalue weighted by molar-refractivity contribution is 6.30. The van der Waals surface area contributed by atoms with Gasteiger partial charge in [0.05, 0.1) is 6.61 Å². The molecule has 0 saturated carbocycles. The third kappa shape index (κ3) is 5.07. The van der Waals surface area contributed by atoms with Crippen LogP contribution in [0.5, 0.6) is 0 Å². The molecule has 0 bridgehead atoms. The zero-order valence-corrected chi connectivity index (χ0v) is 14.5. The molecule has 1 aliphatic heterocycles. The molecule has 0 aliphatic carbocycles. The lowest BCUT2D eigenvalue weighted by atomic mass is 10.1. The van der Waals surface area contributed by atoms with Crippen molar-refractivity contribution in [2.24, 2.45) is 5.73 Å². The van der Waals surface area contributed by atoms with Gasteiger partial charge in [-0.3, -0.25) is 9.59 Å². The predicted octanol–water partition coefficient (Wildman–Crippen LogP) is 1.02. The number of carbonyl (C=O) groups is 2. The van der Waals surface area contributed by atoms with E-state index in [0.29, 0.717) is 36.8 Å². The summed E-state index contributed by atoms with van der Waals surface area (Å²) in [6.07, 6.45) is 0. The Kier molecular flexibility index (Phi) is 7.78. The van der Waals surface area contributed by atoms with Crippen LogP contribution in [-0.4, -0.2) is 67.6 Å². The van der Waals surface area contributed by atoms with Gasteiger partial charge in [0.1, 0.15) is 6.04 Å². The van der Waals surface area contributed by atoms with Gasteiger partial charge in [-0.2, -0.15) is 0 Å². The summed E-state index contributed by atoms with van der Waals surface area (Å²) < 4.78 is 4.89. The number of halogens is 2. The molecule has 1 aliphatic rings. The Morgan fingerprint density at radius 1 is 1.26 bits per heavy atom. The maximum Gasteiger partial charge on any atom is 0.254 e. The molecule has 2 rings (SSSR count). The number of ether oxygens (including phenoxy) is 1. The van der Waals surface area contributed by atoms with Gasteiger partial charge in [-0.1, -0.05) is 17.7 Å². The molecule has 2 N–H and O–H groups in total. The minimum atomic E-state index is -0.653. The molecule has 0 aromatic heterocycles. The number of hydrogen-bond donors (Lipinski definition) is 1. The molecular formula is C15H21Cl2N3O3. The molecule has 1 heterocycles. The first-order valence-corrected chi connectivity index (χ1v) is 7.49. The van der Waals surface area contributed by atoms with E-state index in [2.05, 4.69) is 0 Å². The lowest BCUT2D eigenvalue weighted by Gasteiger charge is -2.35. The van der Waals surface area contributed by atoms with Crippen molar-refractivity contribution in [1.29, 1.82) is 0 Å². The maximum absolute atomic E-state index is 12.4. The number of amides is 2. The van der Waals surface area contributed by atoms with E-state index in [-0.39, 0.29) is 30.8 Å². The van der Waals surface area contributed by atoms with E-state index in [9.17, 15) is 9.59 Å². The topological polar surface area (TPSA) is 75.9 Å². The van der Waals surface area contributed by atoms with Crippen LogP contribution in [0.4, 0.5) is 0 Å². The summed E-state index contributed by atoms with van der Waals surface area (Å²) in [6, 6.07) is 6.21. The highest BCUT2D eigenvalue weighted by Gasteiger charge is 2.27. The largest absolute Gasteiger partial charge is 0.383 e. The Bertz CT molecular complexity index is 549. The second-order valence-electron chi connectivity index (χ2n) is 5.19. The van der Waals surface area contributed by atoms with Gasteiger partial charge in [-0.15, -0.1) is 12.4 Å². The second kappa shape index (κ2) is 9.08. The molecule has 1 unspecified atom stereocenters. The van der Waals surface area contributed by atoms with Crippen LogP contribution in [0.25, 0.3) is 0 Å². The fraction of sp³-hybridized carbons (Fsp3) is 0.467. The van der Waals surface area contributed by atoms with Gasteiger partial charge in [-0.25, -0.2) is 0 Å². The zero-order valence-electron chi connectivity index (χ0n) is 12.9. The summed E-state index contributed by atoms with van der Waals surface area (Å²) in [5.74, 6) is -0.215. The minimum absolute atomic E-state index is 0. The average Bonchev–Trinajstić information content (AvgIpc) is 2.54. The molecule has 2 amide bonds. The number of nitrogens with two attached hydrogens (primary N) is 1. The van der Waals surface area contributed by atoms with Gasteiger partial charge in [0.15, 0.2) is 0 Å². The number of benzene rings is 1. The quantitative estimate of drug-likeness (QED) is 0.868. The van der Waals surface area contributed by atoms with Gasteiger partial charge in [-0.05, 0) is 18.2 Å². The molecular weight excluding hydrogens is 341 g/mol. The first-order chi connectivity index (χ1) is 10.5. The second-order valence-corrected chi connectivity index (χ2v) is 5.63. The first kappa shape index (κ1) is 19.7. The van der Waals surface area contributed by atoms with E-state index in [1.54, 1.807) is 34.1 Å². The molecule has 1 aromatic carbocycles. The number of nitrogens with zero attached hydrogens (tertiary/aromatic N) is 2. The summed E-state index contributed by atoms with van der Waals surface area (Å²) in [5.41, 5.74) is 6.31. The van der Waals surface area contributed by atoms with E-state index < -0.39 is 6.04 Å². The van der Waals surface area contributed by atoms with Crippen molar-refractivity contribution in [2.45, 2.75) is 6.04 Å². The molecule has 128 valence electrons. The Labute approximate surface area is 146 Å². The average molecular weight is 362 g/mol. The van der Waals surface area contributed by atoms with E-state index in [1.165, 1.54) is 7.11 Å². The van der Waals surface area contributed by atoms with Gasteiger partial charge < -0.3 is 20.3 Å². The third-order valence-electron chi connectivity index (χ3n) is 3.61. The number of methoxy groups -OCH3 is 1. The van der Waals surface area contributed by atoms with Crippen molar-refractivity contribution in [1.82, 2.24) is 9.80 Å². The summed E-state index contributed by atoms with van der Waals surface area (Å²) in [7, 11) is 1.51. The summed E-state index contributed by atoms with van der Waals surface area (Å²) in [5, 5.41) is 0.533. The number of carbonyl (C=O) groups excluding carboxylic acids is 2. The Hall–Kier alpha value is -1.34. The number of piperazine rings is 1. The number of hydrogen-bond acceptors (Lipinski definition) is 4. The van der Waals surface area contributed by atoms with Crippen LogP contribution < -0.4 is 5.73 Å².